The lowest BCUT2D eigenvalue weighted by Gasteiger charge is -2.12. The number of nitrogens with one attached hydrogen (secondary N) is 1. The number of amides is 1. The number of hydrogen-bond donors (Lipinski definition) is 1. The third-order valence-corrected chi connectivity index (χ3v) is 4.08. The number of furan rings is 1. The van der Waals surface area contributed by atoms with Crippen LogP contribution in [0.2, 0.25) is 0 Å². The summed E-state index contributed by atoms with van der Waals surface area (Å²) in [4.78, 5) is 24.6. The number of benzene rings is 2. The highest BCUT2D eigenvalue weighted by molar-refractivity contribution is 5.97. The van der Waals surface area contributed by atoms with E-state index in [9.17, 15) is 9.59 Å². The van der Waals surface area contributed by atoms with Crippen LogP contribution in [0.3, 0.4) is 0 Å². The molecule has 0 aliphatic carbocycles. The lowest BCUT2D eigenvalue weighted by Crippen LogP contribution is -2.35. The first-order chi connectivity index (χ1) is 13.6. The fraction of sp³-hybridized carbons (Fsp3) is 0.182. The highest BCUT2D eigenvalue weighted by Crippen LogP contribution is 2.28. The fourth-order valence-corrected chi connectivity index (χ4v) is 2.66. The van der Waals surface area contributed by atoms with Gasteiger partial charge in [0.2, 0.25) is 5.76 Å². The summed E-state index contributed by atoms with van der Waals surface area (Å²) >= 11 is 0. The Labute approximate surface area is 162 Å². The van der Waals surface area contributed by atoms with Gasteiger partial charge >= 0.3 is 5.97 Å². The van der Waals surface area contributed by atoms with Gasteiger partial charge in [-0.25, -0.2) is 4.79 Å². The van der Waals surface area contributed by atoms with Crippen LogP contribution in [0.1, 0.15) is 23.0 Å². The molecule has 3 aromatic rings. The van der Waals surface area contributed by atoms with Gasteiger partial charge in [-0.3, -0.25) is 4.79 Å². The van der Waals surface area contributed by atoms with Gasteiger partial charge in [0, 0.05) is 11.9 Å². The van der Waals surface area contributed by atoms with Crippen molar-refractivity contribution in [1.82, 2.24) is 5.32 Å². The normalized spacial score (nSPS) is 11.6. The number of rotatable bonds is 8. The molecule has 0 bridgehead atoms. The average molecular weight is 379 g/mol. The molecule has 1 unspecified atom stereocenters. The molecular formula is C22H21NO5. The Morgan fingerprint density at radius 2 is 1.86 bits per heavy atom. The first-order valence-corrected chi connectivity index (χ1v) is 8.88. The lowest BCUT2D eigenvalue weighted by atomic mass is 10.1. The van der Waals surface area contributed by atoms with Crippen molar-refractivity contribution in [3.63, 3.8) is 0 Å². The maximum absolute atomic E-state index is 12.7. The Bertz CT molecular complexity index is 977. The van der Waals surface area contributed by atoms with Crippen LogP contribution in [0, 0.1) is 0 Å². The van der Waals surface area contributed by atoms with Gasteiger partial charge < -0.3 is 19.2 Å². The molecule has 1 atom stereocenters. The summed E-state index contributed by atoms with van der Waals surface area (Å²) in [5, 5.41) is 3.35. The smallest absolute Gasteiger partial charge is 0.375 e. The largest absolute Gasteiger partial charge is 0.489 e. The molecule has 0 saturated carbocycles. The van der Waals surface area contributed by atoms with Gasteiger partial charge in [0.05, 0.1) is 5.56 Å². The number of fused-ring (bicyclic) bond motifs is 1. The molecule has 6 heteroatoms. The minimum atomic E-state index is -0.969. The van der Waals surface area contributed by atoms with Gasteiger partial charge in [-0.2, -0.15) is 0 Å². The van der Waals surface area contributed by atoms with Gasteiger partial charge in [-0.1, -0.05) is 42.5 Å². The van der Waals surface area contributed by atoms with Gasteiger partial charge in [0.15, 0.2) is 6.10 Å². The van der Waals surface area contributed by atoms with E-state index >= 15 is 0 Å². The molecule has 144 valence electrons. The minimum absolute atomic E-state index is 0.0282. The van der Waals surface area contributed by atoms with Crippen LogP contribution in [-0.4, -0.2) is 24.5 Å². The summed E-state index contributed by atoms with van der Waals surface area (Å²) in [6.07, 6.45) is 0.577. The summed E-state index contributed by atoms with van der Waals surface area (Å²) < 4.78 is 16.8. The van der Waals surface area contributed by atoms with Crippen LogP contribution in [-0.2, 0) is 16.1 Å². The molecule has 1 aromatic heterocycles. The molecule has 0 saturated heterocycles. The van der Waals surface area contributed by atoms with E-state index in [1.165, 1.54) is 6.92 Å². The monoisotopic (exact) mass is 379 g/mol. The van der Waals surface area contributed by atoms with E-state index < -0.39 is 18.0 Å². The summed E-state index contributed by atoms with van der Waals surface area (Å²) in [5.74, 6) is -0.430. The van der Waals surface area contributed by atoms with E-state index in [1.807, 2.05) is 48.5 Å². The van der Waals surface area contributed by atoms with Crippen LogP contribution >= 0.6 is 0 Å². The van der Waals surface area contributed by atoms with E-state index in [0.717, 1.165) is 5.39 Å². The van der Waals surface area contributed by atoms with Crippen molar-refractivity contribution >= 4 is 22.8 Å². The zero-order valence-corrected chi connectivity index (χ0v) is 15.5. The molecule has 28 heavy (non-hydrogen) atoms. The topological polar surface area (TPSA) is 77.8 Å². The number of ether oxygens (including phenoxy) is 2. The van der Waals surface area contributed by atoms with Crippen molar-refractivity contribution in [1.29, 1.82) is 0 Å². The first-order valence-electron chi connectivity index (χ1n) is 8.88. The molecule has 3 rings (SSSR count). The van der Waals surface area contributed by atoms with Gasteiger partial charge in [0.1, 0.15) is 17.9 Å². The van der Waals surface area contributed by atoms with Crippen molar-refractivity contribution in [3.8, 4) is 5.75 Å². The molecule has 0 aliphatic heterocycles. The van der Waals surface area contributed by atoms with E-state index in [4.69, 9.17) is 13.9 Å². The molecule has 2 aromatic carbocycles. The summed E-state index contributed by atoms with van der Waals surface area (Å²) in [7, 11) is 0. The van der Waals surface area contributed by atoms with E-state index in [1.54, 1.807) is 12.1 Å². The average Bonchev–Trinajstić information content (AvgIpc) is 3.10. The number of hydrogen-bond acceptors (Lipinski definition) is 5. The highest BCUT2D eigenvalue weighted by Gasteiger charge is 2.26. The maximum Gasteiger partial charge on any atom is 0.375 e. The molecule has 0 aliphatic rings. The van der Waals surface area contributed by atoms with E-state index in [-0.39, 0.29) is 12.4 Å². The number of esters is 1. The molecule has 1 heterocycles. The summed E-state index contributed by atoms with van der Waals surface area (Å²) in [5.41, 5.74) is 1.12. The molecule has 0 radical (unpaired) electrons. The zero-order chi connectivity index (χ0) is 19.9. The molecule has 0 spiro atoms. The van der Waals surface area contributed by atoms with Crippen LogP contribution in [0.25, 0.3) is 11.0 Å². The van der Waals surface area contributed by atoms with Crippen molar-refractivity contribution in [2.24, 2.45) is 0 Å². The molecule has 1 N–H and O–H groups in total. The Hall–Kier alpha value is -3.54. The molecule has 0 fully saturated rings. The van der Waals surface area contributed by atoms with Crippen molar-refractivity contribution in [3.05, 3.63) is 78.6 Å². The van der Waals surface area contributed by atoms with Crippen LogP contribution in [0.4, 0.5) is 0 Å². The number of carbonyl (C=O) groups is 2. The Balaban J connectivity index is 1.82. The summed E-state index contributed by atoms with van der Waals surface area (Å²) in [6, 6.07) is 16.5. The van der Waals surface area contributed by atoms with E-state index in [0.29, 0.717) is 23.4 Å². The van der Waals surface area contributed by atoms with Crippen LogP contribution < -0.4 is 10.1 Å². The third-order valence-electron chi connectivity index (χ3n) is 4.08. The zero-order valence-electron chi connectivity index (χ0n) is 15.5. The first kappa shape index (κ1) is 19.2. The van der Waals surface area contributed by atoms with Gasteiger partial charge in [0.25, 0.3) is 5.91 Å². The van der Waals surface area contributed by atoms with E-state index in [2.05, 4.69) is 11.9 Å². The van der Waals surface area contributed by atoms with Crippen LogP contribution in [0.15, 0.2) is 71.7 Å². The Kier molecular flexibility index (Phi) is 6.11. The predicted octanol–water partition coefficient (Wildman–Crippen LogP) is 3.86. The Morgan fingerprint density at radius 1 is 1.14 bits per heavy atom. The second-order valence-electron chi connectivity index (χ2n) is 6.09. The molecule has 6 nitrogen and oxygen atoms in total. The van der Waals surface area contributed by atoms with Gasteiger partial charge in [-0.15, -0.1) is 6.58 Å². The standard InChI is InChI=1S/C22H21NO5/c1-3-13-23-21(24)15(2)27-22(25)20-18(14-26-16-9-5-4-6-10-16)17-11-7-8-12-19(17)28-20/h3-12,15H,1,13-14H2,2H3,(H,23,24). The maximum atomic E-state index is 12.7. The second-order valence-corrected chi connectivity index (χ2v) is 6.09. The molecule has 1 amide bonds. The van der Waals surface area contributed by atoms with Gasteiger partial charge in [-0.05, 0) is 25.1 Å². The third kappa shape index (κ3) is 4.40. The highest BCUT2D eigenvalue weighted by atomic mass is 16.6. The lowest BCUT2D eigenvalue weighted by molar-refractivity contribution is -0.128. The van der Waals surface area contributed by atoms with Crippen molar-refractivity contribution < 1.29 is 23.5 Å². The minimum Gasteiger partial charge on any atom is -0.489 e. The SMILES string of the molecule is C=CCNC(=O)C(C)OC(=O)c1oc2ccccc2c1COc1ccccc1. The van der Waals surface area contributed by atoms with Crippen molar-refractivity contribution in [2.45, 2.75) is 19.6 Å². The number of para-hydroxylation sites is 2. The molecular weight excluding hydrogens is 358 g/mol. The Morgan fingerprint density at radius 3 is 2.61 bits per heavy atom. The predicted molar refractivity (Wildman–Crippen MR) is 105 cm³/mol. The van der Waals surface area contributed by atoms with Crippen molar-refractivity contribution in [2.75, 3.05) is 6.54 Å². The number of carbonyl (C=O) groups excluding carboxylic acids is 2. The quantitative estimate of drug-likeness (QED) is 0.475. The fourth-order valence-electron chi connectivity index (χ4n) is 2.66. The summed E-state index contributed by atoms with van der Waals surface area (Å²) in [6.45, 7) is 5.45. The second kappa shape index (κ2) is 8.90. The van der Waals surface area contributed by atoms with Crippen LogP contribution in [0.5, 0.6) is 5.75 Å².